The van der Waals surface area contributed by atoms with E-state index in [2.05, 4.69) is 20.8 Å². The third kappa shape index (κ3) is 6.78. The molecule has 4 aliphatic carbocycles. The minimum absolute atomic E-state index is 0.0613. The number of hydrogen-bond donors (Lipinski definition) is 9. The van der Waals surface area contributed by atoms with E-state index in [1.54, 1.807) is 13.8 Å². The van der Waals surface area contributed by atoms with E-state index >= 15 is 0 Å². The zero-order valence-electron chi connectivity index (χ0n) is 33.9. The van der Waals surface area contributed by atoms with Crippen molar-refractivity contribution in [2.24, 2.45) is 45.8 Å². The topological polar surface area (TPSA) is 228 Å². The molecule has 7 aliphatic rings. The molecule has 14 nitrogen and oxygen atoms in total. The zero-order chi connectivity index (χ0) is 40.4. The van der Waals surface area contributed by atoms with Crippen LogP contribution in [0.2, 0.25) is 0 Å². The Kier molecular flexibility index (Phi) is 11.3. The molecule has 0 aromatic carbocycles. The molecule has 318 valence electrons. The van der Waals surface area contributed by atoms with Crippen molar-refractivity contribution in [2.75, 3.05) is 6.61 Å². The molecule has 0 spiro atoms. The molecule has 0 unspecified atom stereocenters. The second kappa shape index (κ2) is 14.6. The minimum atomic E-state index is -1.69. The smallest absolute Gasteiger partial charge is 0.187 e. The van der Waals surface area contributed by atoms with Gasteiger partial charge in [-0.05, 0) is 125 Å². The van der Waals surface area contributed by atoms with Gasteiger partial charge in [-0.3, -0.25) is 0 Å². The second-order valence-corrected chi connectivity index (χ2v) is 20.6. The molecule has 0 aromatic rings. The fourth-order valence-electron chi connectivity index (χ4n) is 13.6. The summed E-state index contributed by atoms with van der Waals surface area (Å²) in [7, 11) is 0. The van der Waals surface area contributed by atoms with Crippen LogP contribution >= 0.6 is 0 Å². The Morgan fingerprint density at radius 1 is 0.691 bits per heavy atom. The number of aliphatic hydroxyl groups excluding tert-OH is 8. The zero-order valence-corrected chi connectivity index (χ0v) is 33.9. The van der Waals surface area contributed by atoms with Gasteiger partial charge in [0.25, 0.3) is 0 Å². The second-order valence-electron chi connectivity index (χ2n) is 20.6. The van der Waals surface area contributed by atoms with E-state index in [4.69, 9.17) is 23.7 Å². The lowest BCUT2D eigenvalue weighted by atomic mass is 9.39. The number of rotatable bonds is 7. The van der Waals surface area contributed by atoms with Crippen molar-refractivity contribution in [3.8, 4) is 0 Å². The Labute approximate surface area is 325 Å². The SMILES string of the molecule is C[C@H]1O[C@@H](O[C@@H]2[C@@H](O[C@@H]3C[C@@H]4[C@@H](C[C@@H](O)[C@@H]5[C@@H]([C@]6(C)CC[C@H](C(C)(C)O)O6)CC[C@@]54C)[C@@]4(C)CC[C@H](O)C(C)(C)[C@@H]34)O[C@@H](CO)[C@H](O)[C@H]2O)[C@H](O)[C@@H](O)[C@@H]1O. The third-order valence-electron chi connectivity index (χ3n) is 16.6. The van der Waals surface area contributed by atoms with Crippen LogP contribution in [0.1, 0.15) is 107 Å². The first kappa shape index (κ1) is 42.6. The normalized spacial score (nSPS) is 56.8. The van der Waals surface area contributed by atoms with E-state index < -0.39 is 103 Å². The highest BCUT2D eigenvalue weighted by molar-refractivity contribution is 5.18. The van der Waals surface area contributed by atoms with Crippen LogP contribution < -0.4 is 0 Å². The van der Waals surface area contributed by atoms with E-state index in [9.17, 15) is 46.0 Å². The van der Waals surface area contributed by atoms with Gasteiger partial charge in [0.2, 0.25) is 0 Å². The number of hydrogen-bond acceptors (Lipinski definition) is 14. The minimum Gasteiger partial charge on any atom is -0.394 e. The predicted molar refractivity (Wildman–Crippen MR) is 196 cm³/mol. The first-order valence-corrected chi connectivity index (χ1v) is 20.9. The lowest BCUT2D eigenvalue weighted by Gasteiger charge is -2.68. The first-order valence-electron chi connectivity index (χ1n) is 20.9. The van der Waals surface area contributed by atoms with Gasteiger partial charge in [-0.2, -0.15) is 0 Å². The molecule has 7 rings (SSSR count). The largest absolute Gasteiger partial charge is 0.394 e. The van der Waals surface area contributed by atoms with Crippen molar-refractivity contribution in [1.82, 2.24) is 0 Å². The molecule has 7 fully saturated rings. The monoisotopic (exact) mass is 786 g/mol. The Morgan fingerprint density at radius 2 is 1.35 bits per heavy atom. The molecule has 0 amide bonds. The van der Waals surface area contributed by atoms with Gasteiger partial charge in [0, 0.05) is 0 Å². The highest BCUT2D eigenvalue weighted by atomic mass is 16.8. The molecule has 22 atom stereocenters. The summed E-state index contributed by atoms with van der Waals surface area (Å²) < 4.78 is 31.8. The van der Waals surface area contributed by atoms with Crippen molar-refractivity contribution in [1.29, 1.82) is 0 Å². The summed E-state index contributed by atoms with van der Waals surface area (Å²) in [5.74, 6) is -0.0280. The van der Waals surface area contributed by atoms with Gasteiger partial charge in [-0.25, -0.2) is 0 Å². The molecule has 55 heavy (non-hydrogen) atoms. The Bertz CT molecular complexity index is 1380. The van der Waals surface area contributed by atoms with Gasteiger partial charge in [-0.15, -0.1) is 0 Å². The summed E-state index contributed by atoms with van der Waals surface area (Å²) in [6.07, 6.45) is -10.7. The van der Waals surface area contributed by atoms with Crippen LogP contribution in [-0.4, -0.2) is 150 Å². The molecule has 0 radical (unpaired) electrons. The molecule has 3 saturated heterocycles. The van der Waals surface area contributed by atoms with Gasteiger partial charge in [0.1, 0.15) is 42.7 Å². The summed E-state index contributed by atoms with van der Waals surface area (Å²) >= 11 is 0. The van der Waals surface area contributed by atoms with Gasteiger partial charge in [0.05, 0.1) is 48.3 Å². The van der Waals surface area contributed by atoms with Gasteiger partial charge in [-0.1, -0.05) is 27.7 Å². The third-order valence-corrected chi connectivity index (χ3v) is 16.6. The Hall–Kier alpha value is -0.560. The van der Waals surface area contributed by atoms with Crippen LogP contribution in [0.5, 0.6) is 0 Å². The standard InChI is InChI=1S/C41H70O14/c1-18-28(45)30(47)32(49)35(51-18)54-33-31(48)29(46)24(17-42)53-36(33)52-23-16-21-20(40(7)13-10-25(44)37(2,3)34(23)40)15-22(43)27-19(9-12-39(21,27)6)41(8)14-11-26(55-41)38(4,5)50/h18-36,42-50H,9-17H2,1-8H3/t18-,19+,20-,21-,22-,23-,24+,25+,26-,27+,28-,29+,30+,31-,32-,33+,34-,35+,36+,39-,40-,41+/m1/s1. The quantitative estimate of drug-likeness (QED) is 0.164. The Morgan fingerprint density at radius 3 is 1.98 bits per heavy atom. The predicted octanol–water partition coefficient (Wildman–Crippen LogP) is 0.969. The summed E-state index contributed by atoms with van der Waals surface area (Å²) in [5.41, 5.74) is -2.81. The molecule has 3 aliphatic heterocycles. The number of fused-ring (bicyclic) bond motifs is 5. The van der Waals surface area contributed by atoms with Gasteiger partial charge < -0.3 is 69.6 Å². The van der Waals surface area contributed by atoms with Crippen LogP contribution in [0.25, 0.3) is 0 Å². The molecule has 3 heterocycles. The van der Waals surface area contributed by atoms with Crippen LogP contribution in [0, 0.1) is 45.8 Å². The van der Waals surface area contributed by atoms with Gasteiger partial charge in [0.15, 0.2) is 12.6 Å². The molecule has 9 N–H and O–H groups in total. The van der Waals surface area contributed by atoms with Crippen LogP contribution in [-0.2, 0) is 23.7 Å². The lowest BCUT2D eigenvalue weighted by Crippen LogP contribution is -2.68. The Balaban J connectivity index is 1.23. The molecular formula is C41H70O14. The summed E-state index contributed by atoms with van der Waals surface area (Å²) in [4.78, 5) is 0. The summed E-state index contributed by atoms with van der Waals surface area (Å²) in [6, 6.07) is 0. The number of ether oxygens (including phenoxy) is 5. The highest BCUT2D eigenvalue weighted by Crippen LogP contribution is 2.72. The maximum atomic E-state index is 12.3. The van der Waals surface area contributed by atoms with Crippen molar-refractivity contribution < 1.29 is 69.6 Å². The molecule has 0 bridgehead atoms. The average Bonchev–Trinajstić information content (AvgIpc) is 3.70. The van der Waals surface area contributed by atoms with Crippen molar-refractivity contribution in [3.05, 3.63) is 0 Å². The van der Waals surface area contributed by atoms with E-state index in [1.807, 2.05) is 13.8 Å². The lowest BCUT2D eigenvalue weighted by molar-refractivity contribution is -0.379. The average molecular weight is 787 g/mol. The fourth-order valence-corrected chi connectivity index (χ4v) is 13.6. The van der Waals surface area contributed by atoms with Crippen molar-refractivity contribution >= 4 is 0 Å². The maximum absolute atomic E-state index is 12.3. The molecular weight excluding hydrogens is 716 g/mol. The van der Waals surface area contributed by atoms with E-state index in [1.165, 1.54) is 6.92 Å². The van der Waals surface area contributed by atoms with Crippen LogP contribution in [0.4, 0.5) is 0 Å². The summed E-state index contributed by atoms with van der Waals surface area (Å²) in [6.45, 7) is 15.3. The molecule has 0 aromatic heterocycles. The first-order chi connectivity index (χ1) is 25.5. The van der Waals surface area contributed by atoms with Crippen molar-refractivity contribution in [3.63, 3.8) is 0 Å². The number of aliphatic hydroxyl groups is 9. The fraction of sp³-hybridized carbons (Fsp3) is 1.00. The summed E-state index contributed by atoms with van der Waals surface area (Å²) in [5, 5.41) is 99.1. The van der Waals surface area contributed by atoms with Crippen LogP contribution in [0.3, 0.4) is 0 Å². The van der Waals surface area contributed by atoms with E-state index in [0.717, 1.165) is 25.7 Å². The van der Waals surface area contributed by atoms with E-state index in [-0.39, 0.29) is 46.5 Å². The maximum Gasteiger partial charge on any atom is 0.187 e. The van der Waals surface area contributed by atoms with E-state index in [0.29, 0.717) is 25.7 Å². The molecule has 4 saturated carbocycles. The highest BCUT2D eigenvalue weighted by Gasteiger charge is 2.70. The molecule has 14 heteroatoms. The van der Waals surface area contributed by atoms with Crippen molar-refractivity contribution in [2.45, 2.75) is 204 Å². The van der Waals surface area contributed by atoms with Crippen LogP contribution in [0.15, 0.2) is 0 Å². The van der Waals surface area contributed by atoms with Gasteiger partial charge >= 0.3 is 0 Å².